The Kier molecular flexibility index (Phi) is 5.29. The van der Waals surface area contributed by atoms with Crippen molar-refractivity contribution in [1.29, 1.82) is 0 Å². The van der Waals surface area contributed by atoms with E-state index >= 15 is 0 Å². The van der Waals surface area contributed by atoms with Crippen molar-refractivity contribution in [3.05, 3.63) is 29.8 Å². The molecule has 1 N–H and O–H groups in total. The Balaban J connectivity index is 1.47. The lowest BCUT2D eigenvalue weighted by Gasteiger charge is -2.33. The zero-order valence-electron chi connectivity index (χ0n) is 13.9. The van der Waals surface area contributed by atoms with Gasteiger partial charge in [-0.25, -0.2) is 8.42 Å². The average molecular weight is 376 g/mol. The van der Waals surface area contributed by atoms with Gasteiger partial charge in [-0.1, -0.05) is 0 Å². The minimum Gasteiger partial charge on any atom is -0.385 e. The van der Waals surface area contributed by atoms with E-state index < -0.39 is 21.8 Å². The number of sulfonamides is 1. The molecule has 0 atom stereocenters. The molecule has 0 radical (unpaired) electrons. The van der Waals surface area contributed by atoms with Crippen LogP contribution in [0.15, 0.2) is 24.3 Å². The van der Waals surface area contributed by atoms with Crippen LogP contribution in [0.5, 0.6) is 0 Å². The highest BCUT2D eigenvalue weighted by atomic mass is 32.2. The fourth-order valence-electron chi connectivity index (χ4n) is 3.75. The summed E-state index contributed by atoms with van der Waals surface area (Å²) in [4.78, 5) is 0. The number of anilines is 1. The van der Waals surface area contributed by atoms with E-state index in [1.54, 1.807) is 4.31 Å². The van der Waals surface area contributed by atoms with Crippen LogP contribution in [-0.4, -0.2) is 37.6 Å². The van der Waals surface area contributed by atoms with E-state index in [1.165, 1.54) is 12.1 Å². The Morgan fingerprint density at radius 1 is 1.08 bits per heavy atom. The number of nitrogens with zero attached hydrogens (tertiary/aromatic N) is 1. The molecule has 1 aromatic carbocycles. The average Bonchev–Trinajstić information content (AvgIpc) is 2.92. The number of benzene rings is 1. The Morgan fingerprint density at radius 3 is 2.24 bits per heavy atom. The van der Waals surface area contributed by atoms with Crippen molar-refractivity contribution >= 4 is 15.7 Å². The Labute approximate surface area is 146 Å². The lowest BCUT2D eigenvalue weighted by Crippen LogP contribution is -2.39. The molecule has 0 spiro atoms. The van der Waals surface area contributed by atoms with Gasteiger partial charge >= 0.3 is 6.18 Å². The molecule has 1 saturated carbocycles. The molecule has 1 aromatic rings. The quantitative estimate of drug-likeness (QED) is 0.872. The van der Waals surface area contributed by atoms with E-state index in [4.69, 9.17) is 0 Å². The molecule has 0 bridgehead atoms. The van der Waals surface area contributed by atoms with Crippen LogP contribution in [0.4, 0.5) is 18.9 Å². The third-order valence-corrected chi connectivity index (χ3v) is 7.17. The van der Waals surface area contributed by atoms with Crippen LogP contribution < -0.4 is 5.32 Å². The summed E-state index contributed by atoms with van der Waals surface area (Å²) >= 11 is 0. The zero-order valence-corrected chi connectivity index (χ0v) is 14.7. The maximum atomic E-state index is 12.5. The Bertz CT molecular complexity index is 681. The molecular weight excluding hydrogens is 353 g/mol. The number of nitrogens with one attached hydrogen (secondary N) is 1. The molecular formula is C17H23F3N2O2S. The van der Waals surface area contributed by atoms with Gasteiger partial charge in [-0.3, -0.25) is 0 Å². The lowest BCUT2D eigenvalue weighted by molar-refractivity contribution is -0.137. The molecule has 4 nitrogen and oxygen atoms in total. The number of rotatable bonds is 4. The number of hydrogen-bond donors (Lipinski definition) is 1. The van der Waals surface area contributed by atoms with Crippen LogP contribution in [0.1, 0.15) is 37.7 Å². The molecule has 2 aliphatic rings. The van der Waals surface area contributed by atoms with Gasteiger partial charge in [-0.15, -0.1) is 0 Å². The van der Waals surface area contributed by atoms with E-state index in [0.29, 0.717) is 24.7 Å². The molecule has 0 aromatic heterocycles. The molecule has 1 aliphatic carbocycles. The van der Waals surface area contributed by atoms with Gasteiger partial charge in [-0.2, -0.15) is 17.5 Å². The fourth-order valence-corrected chi connectivity index (χ4v) is 5.55. The molecule has 25 heavy (non-hydrogen) atoms. The predicted octanol–water partition coefficient (Wildman–Crippen LogP) is 3.71. The Morgan fingerprint density at radius 2 is 1.72 bits per heavy atom. The number of alkyl halides is 3. The monoisotopic (exact) mass is 376 g/mol. The molecule has 2 fully saturated rings. The first kappa shape index (κ1) is 18.5. The van der Waals surface area contributed by atoms with E-state index in [0.717, 1.165) is 44.2 Å². The molecule has 140 valence electrons. The summed E-state index contributed by atoms with van der Waals surface area (Å²) in [5.41, 5.74) is 0.0302. The van der Waals surface area contributed by atoms with Gasteiger partial charge in [0.1, 0.15) is 0 Å². The zero-order chi connectivity index (χ0) is 18.1. The van der Waals surface area contributed by atoms with Crippen LogP contribution in [0.25, 0.3) is 0 Å². The molecule has 1 heterocycles. The summed E-state index contributed by atoms with van der Waals surface area (Å²) in [6.07, 6.45) is -0.00359. The van der Waals surface area contributed by atoms with Crippen LogP contribution >= 0.6 is 0 Å². The highest BCUT2D eigenvalue weighted by Gasteiger charge is 2.36. The topological polar surface area (TPSA) is 49.4 Å². The van der Waals surface area contributed by atoms with E-state index in [9.17, 15) is 21.6 Å². The van der Waals surface area contributed by atoms with E-state index in [2.05, 4.69) is 5.32 Å². The van der Waals surface area contributed by atoms with Crippen molar-refractivity contribution in [2.45, 2.75) is 44.3 Å². The summed E-state index contributed by atoms with van der Waals surface area (Å²) in [5, 5.41) is 3.19. The molecule has 0 unspecified atom stereocenters. The van der Waals surface area contributed by atoms with E-state index in [1.807, 2.05) is 0 Å². The second-order valence-electron chi connectivity index (χ2n) is 6.91. The lowest BCUT2D eigenvalue weighted by atomic mass is 9.86. The molecule has 1 aliphatic heterocycles. The van der Waals surface area contributed by atoms with Crippen LogP contribution in [-0.2, 0) is 16.2 Å². The highest BCUT2D eigenvalue weighted by molar-refractivity contribution is 7.89. The summed E-state index contributed by atoms with van der Waals surface area (Å²) in [6.45, 7) is 1.34. The van der Waals surface area contributed by atoms with Gasteiger partial charge in [0, 0.05) is 24.8 Å². The predicted molar refractivity (Wildman–Crippen MR) is 90.8 cm³/mol. The minimum absolute atomic E-state index is 0.120. The van der Waals surface area contributed by atoms with Gasteiger partial charge in [0.15, 0.2) is 0 Å². The van der Waals surface area contributed by atoms with Crippen molar-refractivity contribution in [2.24, 2.45) is 5.92 Å². The van der Waals surface area contributed by atoms with Crippen LogP contribution in [0.2, 0.25) is 0 Å². The SMILES string of the molecule is O=S1(=O)CCCN1C1CCC(CNc2ccc(C(F)(F)F)cc2)CC1. The first-order chi connectivity index (χ1) is 11.8. The summed E-state index contributed by atoms with van der Waals surface area (Å²) in [7, 11) is -3.05. The fraction of sp³-hybridized carbons (Fsp3) is 0.647. The summed E-state index contributed by atoms with van der Waals surface area (Å²) in [5.74, 6) is 0.687. The highest BCUT2D eigenvalue weighted by Crippen LogP contribution is 2.32. The van der Waals surface area contributed by atoms with Crippen molar-refractivity contribution in [3.8, 4) is 0 Å². The Hall–Kier alpha value is -1.28. The number of halogens is 3. The third-order valence-electron chi connectivity index (χ3n) is 5.17. The maximum absolute atomic E-state index is 12.5. The first-order valence-electron chi connectivity index (χ1n) is 8.66. The normalized spacial score (nSPS) is 27.3. The molecule has 3 rings (SSSR count). The third kappa shape index (κ3) is 4.47. The second kappa shape index (κ2) is 7.15. The van der Waals surface area contributed by atoms with Crippen molar-refractivity contribution in [3.63, 3.8) is 0 Å². The maximum Gasteiger partial charge on any atom is 0.416 e. The summed E-state index contributed by atoms with van der Waals surface area (Å²) < 4.78 is 63.3. The first-order valence-corrected chi connectivity index (χ1v) is 10.3. The van der Waals surface area contributed by atoms with Gasteiger partial charge < -0.3 is 5.32 Å². The minimum atomic E-state index is -4.31. The van der Waals surface area contributed by atoms with Crippen molar-refractivity contribution in [1.82, 2.24) is 4.31 Å². The smallest absolute Gasteiger partial charge is 0.385 e. The molecule has 8 heteroatoms. The summed E-state index contributed by atoms with van der Waals surface area (Å²) in [6, 6.07) is 5.18. The largest absolute Gasteiger partial charge is 0.416 e. The van der Waals surface area contributed by atoms with Gasteiger partial charge in [0.05, 0.1) is 11.3 Å². The van der Waals surface area contributed by atoms with E-state index in [-0.39, 0.29) is 11.8 Å². The van der Waals surface area contributed by atoms with Crippen molar-refractivity contribution < 1.29 is 21.6 Å². The van der Waals surface area contributed by atoms with Gasteiger partial charge in [-0.05, 0) is 62.3 Å². The number of hydrogen-bond acceptors (Lipinski definition) is 3. The second-order valence-corrected chi connectivity index (χ2v) is 8.95. The van der Waals surface area contributed by atoms with Gasteiger partial charge in [0.25, 0.3) is 0 Å². The molecule has 0 amide bonds. The van der Waals surface area contributed by atoms with Crippen LogP contribution in [0.3, 0.4) is 0 Å². The van der Waals surface area contributed by atoms with Gasteiger partial charge in [0.2, 0.25) is 10.0 Å². The standard InChI is InChI=1S/C17H23F3N2O2S/c18-17(19,20)14-4-6-15(7-5-14)21-12-13-2-8-16(9-3-13)22-10-1-11-25(22,23)24/h4-7,13,16,21H,1-3,8-12H2. The van der Waals surface area contributed by atoms with Crippen molar-refractivity contribution in [2.75, 3.05) is 24.2 Å². The molecule has 1 saturated heterocycles. The van der Waals surface area contributed by atoms with Crippen LogP contribution in [0, 0.1) is 5.92 Å².